The van der Waals surface area contributed by atoms with E-state index in [0.717, 1.165) is 47.9 Å². The fraction of sp³-hybridized carbons (Fsp3) is 0.243. The largest absolute Gasteiger partial charge is 0.386 e. The Morgan fingerprint density at radius 3 is 1.16 bits per heavy atom. The van der Waals surface area contributed by atoms with E-state index < -0.39 is 23.9 Å². The molecule has 0 spiro atoms. The summed E-state index contributed by atoms with van der Waals surface area (Å²) in [4.78, 5) is 48.0. The van der Waals surface area contributed by atoms with Crippen molar-refractivity contribution in [1.82, 2.24) is 0 Å². The molecule has 0 radical (unpaired) electrons. The number of benzene rings is 4. The summed E-state index contributed by atoms with van der Waals surface area (Å²) < 4.78 is 9.54. The Balaban J connectivity index is 1.24. The molecule has 0 saturated heterocycles. The molecule has 6 heteroatoms. The zero-order valence-corrected chi connectivity index (χ0v) is 23.7. The van der Waals surface area contributed by atoms with Crippen molar-refractivity contribution in [2.45, 2.75) is 56.8 Å². The normalized spacial score (nSPS) is 17.8. The van der Waals surface area contributed by atoms with Gasteiger partial charge >= 0.3 is 23.9 Å². The molecule has 43 heavy (non-hydrogen) atoms. The van der Waals surface area contributed by atoms with Crippen molar-refractivity contribution in [2.24, 2.45) is 0 Å². The van der Waals surface area contributed by atoms with Gasteiger partial charge in [0.05, 0.1) is 22.3 Å². The third kappa shape index (κ3) is 4.77. The van der Waals surface area contributed by atoms with Gasteiger partial charge in [0.25, 0.3) is 0 Å². The lowest BCUT2D eigenvalue weighted by Gasteiger charge is -2.36. The van der Waals surface area contributed by atoms with Crippen molar-refractivity contribution in [3.05, 3.63) is 118 Å². The Bertz CT molecular complexity index is 1650. The van der Waals surface area contributed by atoms with Crippen LogP contribution in [0, 0.1) is 0 Å². The van der Waals surface area contributed by atoms with Gasteiger partial charge in [-0.1, -0.05) is 99.2 Å². The predicted molar refractivity (Wildman–Crippen MR) is 161 cm³/mol. The first-order chi connectivity index (χ1) is 20.9. The van der Waals surface area contributed by atoms with Crippen LogP contribution in [0.15, 0.2) is 84.9 Å². The summed E-state index contributed by atoms with van der Waals surface area (Å²) in [6.07, 6.45) is 9.34. The number of fused-ring (bicyclic) bond motifs is 2. The number of cyclic esters (lactones) is 4. The molecule has 1 fully saturated rings. The van der Waals surface area contributed by atoms with Crippen LogP contribution >= 0.6 is 0 Å². The average molecular weight is 571 g/mol. The number of esters is 4. The molecule has 2 heterocycles. The Morgan fingerprint density at radius 2 is 0.744 bits per heavy atom. The van der Waals surface area contributed by atoms with E-state index in [2.05, 4.69) is 48.5 Å². The standard InChI is InChI=1S/C37H30O6/c38-33-29-17-11-25(21-31(29)35(40)42-33)23-7-13-27(14-8-23)37(19-5-3-1-2-4-6-20-37)28-15-9-24(10-16-28)26-12-18-30-32(22-26)36(41)43-34(30)39/h7-18,21-22H,1-6,19-20H2. The molecule has 6 nitrogen and oxygen atoms in total. The highest BCUT2D eigenvalue weighted by atomic mass is 16.6. The van der Waals surface area contributed by atoms with E-state index in [1.807, 2.05) is 12.1 Å². The third-order valence-electron chi connectivity index (χ3n) is 9.29. The maximum absolute atomic E-state index is 12.1. The Kier molecular flexibility index (Phi) is 6.77. The average Bonchev–Trinajstić information content (AvgIpc) is 3.54. The van der Waals surface area contributed by atoms with Crippen molar-refractivity contribution in [1.29, 1.82) is 0 Å². The highest BCUT2D eigenvalue weighted by Crippen LogP contribution is 2.44. The number of hydrogen-bond donors (Lipinski definition) is 0. The number of carbonyl (C=O) groups excluding carboxylic acids is 4. The van der Waals surface area contributed by atoms with Crippen LogP contribution in [-0.2, 0) is 14.9 Å². The van der Waals surface area contributed by atoms with Crippen molar-refractivity contribution in [3.8, 4) is 22.3 Å². The molecule has 7 rings (SSSR count). The number of ether oxygens (including phenoxy) is 2. The molecule has 1 saturated carbocycles. The Morgan fingerprint density at radius 1 is 0.395 bits per heavy atom. The van der Waals surface area contributed by atoms with Crippen molar-refractivity contribution >= 4 is 23.9 Å². The van der Waals surface area contributed by atoms with Gasteiger partial charge < -0.3 is 9.47 Å². The van der Waals surface area contributed by atoms with Gasteiger partial charge in [0.15, 0.2) is 0 Å². The lowest BCUT2D eigenvalue weighted by Crippen LogP contribution is -2.28. The summed E-state index contributed by atoms with van der Waals surface area (Å²) in [6, 6.07) is 27.8. The summed E-state index contributed by atoms with van der Waals surface area (Å²) in [6.45, 7) is 0. The van der Waals surface area contributed by atoms with Crippen molar-refractivity contribution < 1.29 is 28.7 Å². The molecule has 0 bridgehead atoms. The first-order valence-electron chi connectivity index (χ1n) is 15.0. The van der Waals surface area contributed by atoms with Crippen LogP contribution in [0.5, 0.6) is 0 Å². The fourth-order valence-electron chi connectivity index (χ4n) is 6.92. The molecule has 0 N–H and O–H groups in total. The number of carbonyl (C=O) groups is 4. The Hall–Kier alpha value is -4.84. The van der Waals surface area contributed by atoms with Gasteiger partial charge in [-0.2, -0.15) is 0 Å². The van der Waals surface area contributed by atoms with E-state index in [9.17, 15) is 19.2 Å². The molecular formula is C37H30O6. The second-order valence-corrected chi connectivity index (χ2v) is 11.7. The molecule has 0 unspecified atom stereocenters. The molecular weight excluding hydrogens is 540 g/mol. The second kappa shape index (κ2) is 10.8. The minimum Gasteiger partial charge on any atom is -0.386 e. The Labute approximate surface area is 249 Å². The topological polar surface area (TPSA) is 86.7 Å². The van der Waals surface area contributed by atoms with Crippen LogP contribution < -0.4 is 0 Å². The molecule has 0 aromatic heterocycles. The van der Waals surface area contributed by atoms with E-state index in [1.54, 1.807) is 24.3 Å². The molecule has 1 aliphatic carbocycles. The number of rotatable bonds is 4. The lowest BCUT2D eigenvalue weighted by atomic mass is 9.68. The minimum absolute atomic E-state index is 0.149. The van der Waals surface area contributed by atoms with E-state index in [0.29, 0.717) is 22.3 Å². The van der Waals surface area contributed by atoms with Crippen molar-refractivity contribution in [2.75, 3.05) is 0 Å². The number of hydrogen-bond acceptors (Lipinski definition) is 6. The highest BCUT2D eigenvalue weighted by molar-refractivity contribution is 6.16. The van der Waals surface area contributed by atoms with Crippen LogP contribution in [0.25, 0.3) is 22.3 Å². The van der Waals surface area contributed by atoms with Gasteiger partial charge in [-0.25, -0.2) is 19.2 Å². The zero-order chi connectivity index (χ0) is 29.6. The molecule has 4 aromatic rings. The molecule has 0 atom stereocenters. The van der Waals surface area contributed by atoms with E-state index >= 15 is 0 Å². The van der Waals surface area contributed by atoms with Crippen LogP contribution in [0.3, 0.4) is 0 Å². The molecule has 3 aliphatic rings. The fourth-order valence-corrected chi connectivity index (χ4v) is 6.92. The van der Waals surface area contributed by atoms with Gasteiger partial charge in [-0.05, 0) is 70.5 Å². The predicted octanol–water partition coefficient (Wildman–Crippen LogP) is 8.06. The van der Waals surface area contributed by atoms with E-state index in [-0.39, 0.29) is 5.41 Å². The van der Waals surface area contributed by atoms with Crippen LogP contribution in [-0.4, -0.2) is 23.9 Å². The summed E-state index contributed by atoms with van der Waals surface area (Å²) in [5.41, 5.74) is 7.30. The lowest BCUT2D eigenvalue weighted by molar-refractivity contribution is 0.0425. The zero-order valence-electron chi connectivity index (χ0n) is 23.7. The van der Waals surface area contributed by atoms with Crippen LogP contribution in [0.2, 0.25) is 0 Å². The summed E-state index contributed by atoms with van der Waals surface area (Å²) in [7, 11) is 0. The van der Waals surface area contributed by atoms with Gasteiger partial charge in [-0.3, -0.25) is 0 Å². The molecule has 214 valence electrons. The van der Waals surface area contributed by atoms with Gasteiger partial charge in [-0.15, -0.1) is 0 Å². The minimum atomic E-state index is -0.597. The van der Waals surface area contributed by atoms with Gasteiger partial charge in [0, 0.05) is 5.41 Å². The quantitative estimate of drug-likeness (QED) is 0.182. The summed E-state index contributed by atoms with van der Waals surface area (Å²) in [5.74, 6) is -2.38. The van der Waals surface area contributed by atoms with E-state index in [1.165, 1.54) is 36.8 Å². The second-order valence-electron chi connectivity index (χ2n) is 11.7. The van der Waals surface area contributed by atoms with Crippen molar-refractivity contribution in [3.63, 3.8) is 0 Å². The smallest absolute Gasteiger partial charge is 0.346 e. The molecule has 2 aliphatic heterocycles. The third-order valence-corrected chi connectivity index (χ3v) is 9.29. The first kappa shape index (κ1) is 27.0. The SMILES string of the molecule is O=C1OC(=O)c2cc(-c3ccc(C4(c5ccc(-c6ccc7c(c6)C(=O)OC7=O)cc5)CCCCCCCC4)cc3)ccc21. The van der Waals surface area contributed by atoms with Gasteiger partial charge in [0.2, 0.25) is 0 Å². The van der Waals surface area contributed by atoms with E-state index in [4.69, 9.17) is 9.47 Å². The van der Waals surface area contributed by atoms with Gasteiger partial charge in [0.1, 0.15) is 0 Å². The molecule has 0 amide bonds. The monoisotopic (exact) mass is 570 g/mol. The maximum atomic E-state index is 12.1. The highest BCUT2D eigenvalue weighted by Gasteiger charge is 2.35. The maximum Gasteiger partial charge on any atom is 0.346 e. The summed E-state index contributed by atoms with van der Waals surface area (Å²) in [5, 5.41) is 0. The summed E-state index contributed by atoms with van der Waals surface area (Å²) >= 11 is 0. The van der Waals surface area contributed by atoms with Crippen LogP contribution in [0.1, 0.15) is 104 Å². The van der Waals surface area contributed by atoms with Crippen LogP contribution in [0.4, 0.5) is 0 Å². The first-order valence-corrected chi connectivity index (χ1v) is 15.0. The molecule has 4 aromatic carbocycles.